The Morgan fingerprint density at radius 1 is 0.925 bits per heavy atom. The molecule has 0 aliphatic rings. The first kappa shape index (κ1) is 39.9. The van der Waals surface area contributed by atoms with Gasteiger partial charge in [0, 0.05) is 12.4 Å². The lowest BCUT2D eigenvalue weighted by Crippen LogP contribution is -2.29. The molecule has 1 heterocycles. The molecule has 0 saturated heterocycles. The fourth-order valence-corrected chi connectivity index (χ4v) is 5.34. The predicted octanol–water partition coefficient (Wildman–Crippen LogP) is 4.72. The standard InChI is InChI=1S/C36H40N6O10S/c1-24(33-38-19-8-20-39-33)40-34(49-21-22-50-35(43)26-13-11-25(12-14-26)23-51-42(44)45)31(52-30-10-7-6-9-29(30)48-5)32(37)41-53(46,47)28-17-15-27(16-18-28)36(2,3)4/h6-20,40,44-45H,1,21-23H2,2-5H3,(H2,37,41). The van der Waals surface area contributed by atoms with Crippen LogP contribution in [0.3, 0.4) is 0 Å². The number of esters is 1. The molecule has 0 aliphatic heterocycles. The van der Waals surface area contributed by atoms with E-state index < -0.39 is 27.2 Å². The van der Waals surface area contributed by atoms with Gasteiger partial charge in [0.25, 0.3) is 10.0 Å². The second-order valence-corrected chi connectivity index (χ2v) is 13.6. The Bertz CT molecular complexity index is 2030. The number of nitrogens with one attached hydrogen (secondary N) is 1. The number of aromatic nitrogens is 2. The maximum Gasteiger partial charge on any atom is 0.338 e. The Morgan fingerprint density at radius 2 is 1.55 bits per heavy atom. The van der Waals surface area contributed by atoms with E-state index in [1.807, 2.05) is 20.8 Å². The van der Waals surface area contributed by atoms with Crippen molar-refractivity contribution in [3.63, 3.8) is 0 Å². The second-order valence-electron chi connectivity index (χ2n) is 12.0. The van der Waals surface area contributed by atoms with Crippen LogP contribution >= 0.6 is 0 Å². The average Bonchev–Trinajstić information content (AvgIpc) is 3.14. The molecular weight excluding hydrogens is 708 g/mol. The Kier molecular flexibility index (Phi) is 13.6. The van der Waals surface area contributed by atoms with E-state index in [1.165, 1.54) is 55.9 Å². The molecule has 280 valence electrons. The Balaban J connectivity index is 1.68. The Morgan fingerprint density at radius 3 is 2.15 bits per heavy atom. The topological polar surface area (TPSA) is 217 Å². The number of hydrogen-bond donors (Lipinski definition) is 4. The number of carbonyl (C=O) groups is 1. The summed E-state index contributed by atoms with van der Waals surface area (Å²) in [6.45, 7) is 9.24. The van der Waals surface area contributed by atoms with Gasteiger partial charge < -0.3 is 30.0 Å². The van der Waals surface area contributed by atoms with Crippen LogP contribution in [0.4, 0.5) is 0 Å². The second kappa shape index (κ2) is 18.1. The number of benzene rings is 3. The fourth-order valence-electron chi connectivity index (χ4n) is 4.42. The molecule has 0 bridgehead atoms. The predicted molar refractivity (Wildman–Crippen MR) is 192 cm³/mol. The molecule has 53 heavy (non-hydrogen) atoms. The number of nitrogens with zero attached hydrogens (tertiary/aromatic N) is 4. The molecule has 16 nitrogen and oxygen atoms in total. The summed E-state index contributed by atoms with van der Waals surface area (Å²) in [6, 6.07) is 20.4. The van der Waals surface area contributed by atoms with Gasteiger partial charge in [0.1, 0.15) is 13.2 Å². The van der Waals surface area contributed by atoms with Crippen LogP contribution < -0.4 is 20.5 Å². The van der Waals surface area contributed by atoms with Crippen molar-refractivity contribution in [1.82, 2.24) is 20.7 Å². The third-order valence-corrected chi connectivity index (χ3v) is 8.46. The fraction of sp³-hybridized carbons (Fsp3) is 0.222. The molecule has 5 N–H and O–H groups in total. The maximum atomic E-state index is 13.5. The lowest BCUT2D eigenvalue weighted by Gasteiger charge is -2.20. The molecule has 1 aromatic heterocycles. The summed E-state index contributed by atoms with van der Waals surface area (Å²) in [5.41, 5.74) is 7.97. The van der Waals surface area contributed by atoms with Gasteiger partial charge in [-0.25, -0.2) is 19.6 Å². The number of ether oxygens (including phenoxy) is 4. The number of amidine groups is 1. The average molecular weight is 749 g/mol. The SMILES string of the molecule is C=C(NC(OCCOC(=O)c1ccc(CON(O)O)cc1)=C(Oc1ccccc1OC)C(N)=NS(=O)(=O)c1ccc(C(C)(C)C)cc1)c1ncccn1. The third kappa shape index (κ3) is 11.6. The number of hydrogen-bond acceptors (Lipinski definition) is 14. The molecule has 4 rings (SSSR count). The van der Waals surface area contributed by atoms with Crippen molar-refractivity contribution in [3.05, 3.63) is 132 Å². The van der Waals surface area contributed by atoms with Crippen LogP contribution in [0.2, 0.25) is 0 Å². The molecule has 0 fully saturated rings. The smallest absolute Gasteiger partial charge is 0.338 e. The molecule has 0 saturated carbocycles. The van der Waals surface area contributed by atoms with Crippen molar-refractivity contribution < 1.29 is 47.4 Å². The molecule has 0 aliphatic carbocycles. The first-order valence-electron chi connectivity index (χ1n) is 15.9. The molecule has 0 atom stereocenters. The van der Waals surface area contributed by atoms with Crippen molar-refractivity contribution in [3.8, 4) is 11.5 Å². The zero-order chi connectivity index (χ0) is 38.6. The molecule has 3 aromatic carbocycles. The molecule has 0 unspecified atom stereocenters. The summed E-state index contributed by atoms with van der Waals surface area (Å²) in [5.74, 6) is -1.37. The first-order valence-corrected chi connectivity index (χ1v) is 17.3. The van der Waals surface area contributed by atoms with E-state index in [-0.39, 0.29) is 70.4 Å². The van der Waals surface area contributed by atoms with Gasteiger partial charge in [0.15, 0.2) is 23.2 Å². The van der Waals surface area contributed by atoms with Crippen molar-refractivity contribution in [2.24, 2.45) is 10.1 Å². The zero-order valence-corrected chi connectivity index (χ0v) is 30.2. The van der Waals surface area contributed by atoms with E-state index >= 15 is 0 Å². The summed E-state index contributed by atoms with van der Waals surface area (Å²) < 4.78 is 53.9. The van der Waals surface area contributed by atoms with Crippen LogP contribution in [0.1, 0.15) is 48.1 Å². The Labute approximate surface area is 306 Å². The molecule has 4 aromatic rings. The van der Waals surface area contributed by atoms with Gasteiger partial charge in [-0.2, -0.15) is 8.42 Å². The molecular formula is C36H40N6O10S. The van der Waals surface area contributed by atoms with Gasteiger partial charge in [0.05, 0.1) is 35.3 Å². The van der Waals surface area contributed by atoms with Gasteiger partial charge in [-0.05, 0) is 59.0 Å². The van der Waals surface area contributed by atoms with Crippen molar-refractivity contribution in [2.45, 2.75) is 37.7 Å². The highest BCUT2D eigenvalue weighted by Gasteiger charge is 2.24. The van der Waals surface area contributed by atoms with Gasteiger partial charge in [-0.3, -0.25) is 10.4 Å². The van der Waals surface area contributed by atoms with Crippen LogP contribution in [0.25, 0.3) is 5.70 Å². The maximum absolute atomic E-state index is 13.5. The number of nitrogens with two attached hydrogens (primary N) is 1. The number of carbonyl (C=O) groups excluding carboxylic acids is 1. The van der Waals surface area contributed by atoms with Crippen LogP contribution in [0.15, 0.2) is 119 Å². The van der Waals surface area contributed by atoms with E-state index in [4.69, 9.17) is 35.1 Å². The molecule has 0 spiro atoms. The number of methoxy groups -OCH3 is 1. The van der Waals surface area contributed by atoms with Gasteiger partial charge in [-0.15, -0.1) is 4.40 Å². The van der Waals surface area contributed by atoms with Gasteiger partial charge >= 0.3 is 5.97 Å². The lowest BCUT2D eigenvalue weighted by molar-refractivity contribution is -0.497. The van der Waals surface area contributed by atoms with E-state index in [2.05, 4.69) is 31.1 Å². The zero-order valence-electron chi connectivity index (χ0n) is 29.4. The van der Waals surface area contributed by atoms with Crippen LogP contribution in [-0.2, 0) is 36.4 Å². The van der Waals surface area contributed by atoms with E-state index in [1.54, 1.807) is 42.5 Å². The van der Waals surface area contributed by atoms with Crippen molar-refractivity contribution >= 4 is 27.5 Å². The highest BCUT2D eigenvalue weighted by molar-refractivity contribution is 7.90. The van der Waals surface area contributed by atoms with Crippen LogP contribution in [0.5, 0.6) is 11.5 Å². The summed E-state index contributed by atoms with van der Waals surface area (Å²) in [5, 5.41) is 19.9. The monoisotopic (exact) mass is 748 g/mol. The number of rotatable bonds is 17. The Hall–Kier alpha value is -5.85. The summed E-state index contributed by atoms with van der Waals surface area (Å²) in [6.07, 6.45) is 2.98. The number of para-hydroxylation sites is 2. The summed E-state index contributed by atoms with van der Waals surface area (Å²) in [7, 11) is -2.96. The minimum atomic E-state index is -4.38. The van der Waals surface area contributed by atoms with Crippen molar-refractivity contribution in [1.29, 1.82) is 0 Å². The molecule has 17 heteroatoms. The minimum Gasteiger partial charge on any atom is -0.493 e. The highest BCUT2D eigenvalue weighted by Crippen LogP contribution is 2.29. The third-order valence-electron chi connectivity index (χ3n) is 7.16. The van der Waals surface area contributed by atoms with Gasteiger partial charge in [-0.1, -0.05) is 63.7 Å². The largest absolute Gasteiger partial charge is 0.493 e. The van der Waals surface area contributed by atoms with E-state index in [0.29, 0.717) is 5.56 Å². The summed E-state index contributed by atoms with van der Waals surface area (Å²) in [4.78, 5) is 25.5. The normalized spacial score (nSPS) is 12.5. The number of sulfonamides is 1. The van der Waals surface area contributed by atoms with E-state index in [9.17, 15) is 13.2 Å². The van der Waals surface area contributed by atoms with Crippen LogP contribution in [-0.4, -0.2) is 66.3 Å². The van der Waals surface area contributed by atoms with Crippen LogP contribution in [0, 0.1) is 0 Å². The first-order chi connectivity index (χ1) is 25.2. The molecule has 0 amide bonds. The van der Waals surface area contributed by atoms with Gasteiger partial charge in [0.2, 0.25) is 11.6 Å². The van der Waals surface area contributed by atoms with Crippen molar-refractivity contribution in [2.75, 3.05) is 20.3 Å². The minimum absolute atomic E-state index is 0.112. The lowest BCUT2D eigenvalue weighted by atomic mass is 9.87. The molecule has 0 radical (unpaired) electrons. The quantitative estimate of drug-likeness (QED) is 0.0287. The summed E-state index contributed by atoms with van der Waals surface area (Å²) >= 11 is 0. The van der Waals surface area contributed by atoms with E-state index in [0.717, 1.165) is 5.56 Å². The highest BCUT2D eigenvalue weighted by atomic mass is 32.2.